The maximum Gasteiger partial charge on any atom is 0.236 e. The van der Waals surface area contributed by atoms with Crippen LogP contribution >= 0.6 is 11.8 Å². The van der Waals surface area contributed by atoms with Gasteiger partial charge in [0.05, 0.1) is 23.2 Å². The fraction of sp³-hybridized carbons (Fsp3) is 0.0952. The highest BCUT2D eigenvalue weighted by Gasteiger charge is 2.18. The molecule has 1 N–H and O–H groups in total. The van der Waals surface area contributed by atoms with Gasteiger partial charge in [-0.3, -0.25) is 4.79 Å². The van der Waals surface area contributed by atoms with Gasteiger partial charge in [0.25, 0.3) is 0 Å². The van der Waals surface area contributed by atoms with Gasteiger partial charge in [0.2, 0.25) is 5.91 Å². The summed E-state index contributed by atoms with van der Waals surface area (Å²) in [5.74, 6) is -0.0481. The molecule has 0 saturated carbocycles. The topological polar surface area (TPSA) is 101 Å². The lowest BCUT2D eigenvalue weighted by molar-refractivity contribution is -0.113. The average molecular weight is 433 g/mol. The fourth-order valence-corrected chi connectivity index (χ4v) is 3.64. The van der Waals surface area contributed by atoms with Gasteiger partial charge in [-0.25, -0.2) is 9.07 Å². The smallest absolute Gasteiger partial charge is 0.236 e. The van der Waals surface area contributed by atoms with E-state index in [-0.39, 0.29) is 17.2 Å². The van der Waals surface area contributed by atoms with Crippen LogP contribution in [0.4, 0.5) is 10.2 Å². The maximum absolute atomic E-state index is 14.1. The first-order valence-corrected chi connectivity index (χ1v) is 10.2. The molecule has 0 atom stereocenters. The molecule has 0 saturated heterocycles. The number of hydrogen-bond acceptors (Lipinski definition) is 6. The summed E-state index contributed by atoms with van der Waals surface area (Å²) in [7, 11) is 1.71. The zero-order chi connectivity index (χ0) is 21.8. The van der Waals surface area contributed by atoms with E-state index in [1.54, 1.807) is 29.8 Å². The molecule has 2 aromatic heterocycles. The molecule has 0 aliphatic carbocycles. The Morgan fingerprint density at radius 3 is 2.65 bits per heavy atom. The third-order valence-electron chi connectivity index (χ3n) is 4.43. The number of hydrogen-bond donors (Lipinski definition) is 1. The third kappa shape index (κ3) is 4.17. The summed E-state index contributed by atoms with van der Waals surface area (Å²) in [6.07, 6.45) is 1.40. The summed E-state index contributed by atoms with van der Waals surface area (Å²) < 4.78 is 17.2. The number of rotatable bonds is 6. The Balaban J connectivity index is 1.49. The van der Waals surface area contributed by atoms with E-state index >= 15 is 0 Å². The van der Waals surface area contributed by atoms with Crippen molar-refractivity contribution in [1.29, 1.82) is 5.26 Å². The lowest BCUT2D eigenvalue weighted by atomic mass is 10.2. The predicted molar refractivity (Wildman–Crippen MR) is 114 cm³/mol. The molecule has 2 heterocycles. The number of nitrogens with one attached hydrogen (secondary N) is 1. The van der Waals surface area contributed by atoms with Gasteiger partial charge in [-0.2, -0.15) is 10.4 Å². The number of anilines is 1. The number of benzene rings is 2. The molecule has 0 spiro atoms. The molecule has 4 rings (SSSR count). The van der Waals surface area contributed by atoms with Crippen molar-refractivity contribution >= 4 is 23.5 Å². The van der Waals surface area contributed by atoms with Gasteiger partial charge in [-0.05, 0) is 24.3 Å². The van der Waals surface area contributed by atoms with E-state index in [9.17, 15) is 14.4 Å². The molecule has 10 heteroatoms. The van der Waals surface area contributed by atoms with Gasteiger partial charge >= 0.3 is 0 Å². The van der Waals surface area contributed by atoms with Crippen LogP contribution in [0.3, 0.4) is 0 Å². The summed E-state index contributed by atoms with van der Waals surface area (Å²) in [5, 5.41) is 24.9. The normalized spacial score (nSPS) is 10.6. The standard InChI is InChI=1S/C21H16FN7OS/c1-28-20(16-9-5-6-10-17(16)22)26-27-21(28)31-13-18(30)25-19-14(11-23)12-24-29(19)15-7-3-2-4-8-15/h2-10,12H,13H2,1H3,(H,25,30). The molecular weight excluding hydrogens is 417 g/mol. The van der Waals surface area contributed by atoms with Gasteiger partial charge in [0.15, 0.2) is 16.8 Å². The Hall–Kier alpha value is -3.97. The predicted octanol–water partition coefficient (Wildman–Crippen LogP) is 3.41. The average Bonchev–Trinajstić information content (AvgIpc) is 3.36. The SMILES string of the molecule is Cn1c(SCC(=O)Nc2c(C#N)cnn2-c2ccccc2)nnc1-c1ccccc1F. The molecule has 0 fully saturated rings. The number of amides is 1. The number of aromatic nitrogens is 5. The number of thioether (sulfide) groups is 1. The van der Waals surface area contributed by atoms with Crippen molar-refractivity contribution in [3.63, 3.8) is 0 Å². The fourth-order valence-electron chi connectivity index (χ4n) is 2.93. The monoisotopic (exact) mass is 433 g/mol. The minimum absolute atomic E-state index is 0.0219. The van der Waals surface area contributed by atoms with Crippen LogP contribution in [0.5, 0.6) is 0 Å². The minimum Gasteiger partial charge on any atom is -0.309 e. The summed E-state index contributed by atoms with van der Waals surface area (Å²) >= 11 is 1.16. The Kier molecular flexibility index (Phi) is 5.77. The third-order valence-corrected chi connectivity index (χ3v) is 5.45. The highest BCUT2D eigenvalue weighted by Crippen LogP contribution is 2.25. The van der Waals surface area contributed by atoms with E-state index in [1.807, 2.05) is 36.4 Å². The lowest BCUT2D eigenvalue weighted by Crippen LogP contribution is -2.18. The zero-order valence-electron chi connectivity index (χ0n) is 16.4. The molecule has 31 heavy (non-hydrogen) atoms. The van der Waals surface area contributed by atoms with E-state index in [4.69, 9.17) is 0 Å². The molecule has 0 radical (unpaired) electrons. The molecule has 1 amide bonds. The van der Waals surface area contributed by atoms with Crippen molar-refractivity contribution < 1.29 is 9.18 Å². The van der Waals surface area contributed by atoms with Crippen LogP contribution < -0.4 is 5.32 Å². The molecule has 0 aliphatic rings. The first kappa shape index (κ1) is 20.3. The van der Waals surface area contributed by atoms with Crippen molar-refractivity contribution in [2.75, 3.05) is 11.1 Å². The summed E-state index contributed by atoms with van der Waals surface area (Å²) in [5.41, 5.74) is 1.30. The molecule has 2 aromatic carbocycles. The van der Waals surface area contributed by atoms with Crippen LogP contribution in [0.15, 0.2) is 66.0 Å². The molecule has 0 aliphatic heterocycles. The van der Waals surface area contributed by atoms with Gasteiger partial charge in [0.1, 0.15) is 17.4 Å². The Bertz CT molecular complexity index is 1280. The minimum atomic E-state index is -0.398. The Labute approximate surface area is 181 Å². The molecule has 4 aromatic rings. The number of nitrogens with zero attached hydrogens (tertiary/aromatic N) is 6. The van der Waals surface area contributed by atoms with Crippen molar-refractivity contribution in [3.05, 3.63) is 72.2 Å². The van der Waals surface area contributed by atoms with E-state index in [2.05, 4.69) is 20.6 Å². The zero-order valence-corrected chi connectivity index (χ0v) is 17.2. The second-order valence-corrected chi connectivity index (χ2v) is 7.39. The number of carbonyl (C=O) groups excluding carboxylic acids is 1. The molecule has 0 bridgehead atoms. The van der Waals surface area contributed by atoms with Crippen LogP contribution in [-0.2, 0) is 11.8 Å². The second-order valence-electron chi connectivity index (χ2n) is 6.45. The number of para-hydroxylation sites is 1. The van der Waals surface area contributed by atoms with Gasteiger partial charge < -0.3 is 9.88 Å². The number of halogens is 1. The first-order chi connectivity index (χ1) is 15.1. The van der Waals surface area contributed by atoms with Crippen LogP contribution in [0.25, 0.3) is 17.1 Å². The quantitative estimate of drug-likeness (QED) is 0.468. The van der Waals surface area contributed by atoms with Crippen LogP contribution in [-0.4, -0.2) is 36.2 Å². The molecule has 8 nitrogen and oxygen atoms in total. The van der Waals surface area contributed by atoms with E-state index in [0.29, 0.717) is 22.4 Å². The maximum atomic E-state index is 14.1. The highest BCUT2D eigenvalue weighted by atomic mass is 32.2. The van der Waals surface area contributed by atoms with Crippen molar-refractivity contribution in [1.82, 2.24) is 24.5 Å². The lowest BCUT2D eigenvalue weighted by Gasteiger charge is -2.09. The number of carbonyl (C=O) groups is 1. The van der Waals surface area contributed by atoms with E-state index < -0.39 is 5.82 Å². The molecule has 154 valence electrons. The van der Waals surface area contributed by atoms with Crippen LogP contribution in [0.1, 0.15) is 5.56 Å². The second kappa shape index (κ2) is 8.81. The largest absolute Gasteiger partial charge is 0.309 e. The van der Waals surface area contributed by atoms with Gasteiger partial charge in [0, 0.05) is 7.05 Å². The van der Waals surface area contributed by atoms with Crippen LogP contribution in [0.2, 0.25) is 0 Å². The number of nitriles is 1. The van der Waals surface area contributed by atoms with Crippen molar-refractivity contribution in [2.24, 2.45) is 7.05 Å². The molecular formula is C21H16FN7OS. The molecule has 0 unspecified atom stereocenters. The van der Waals surface area contributed by atoms with Crippen molar-refractivity contribution in [3.8, 4) is 23.1 Å². The Morgan fingerprint density at radius 1 is 1.16 bits per heavy atom. The van der Waals surface area contributed by atoms with Crippen molar-refractivity contribution in [2.45, 2.75) is 5.16 Å². The van der Waals surface area contributed by atoms with E-state index in [0.717, 1.165) is 17.4 Å². The Morgan fingerprint density at radius 2 is 1.90 bits per heavy atom. The van der Waals surface area contributed by atoms with E-state index in [1.165, 1.54) is 16.9 Å². The highest BCUT2D eigenvalue weighted by molar-refractivity contribution is 7.99. The van der Waals surface area contributed by atoms with Gasteiger partial charge in [-0.1, -0.05) is 42.1 Å². The summed E-state index contributed by atoms with van der Waals surface area (Å²) in [6, 6.07) is 17.5. The summed E-state index contributed by atoms with van der Waals surface area (Å²) in [6.45, 7) is 0. The first-order valence-electron chi connectivity index (χ1n) is 9.19. The summed E-state index contributed by atoms with van der Waals surface area (Å²) in [4.78, 5) is 12.6. The van der Waals surface area contributed by atoms with Crippen LogP contribution in [0, 0.1) is 17.1 Å². The van der Waals surface area contributed by atoms with Gasteiger partial charge in [-0.15, -0.1) is 10.2 Å².